The molecule has 0 aliphatic carbocycles. The first-order valence-corrected chi connectivity index (χ1v) is 9.63. The molecule has 0 saturated carbocycles. The van der Waals surface area contributed by atoms with Crippen LogP contribution in [-0.4, -0.2) is 62.2 Å². The van der Waals surface area contributed by atoms with Crippen LogP contribution in [0.3, 0.4) is 0 Å². The predicted octanol–water partition coefficient (Wildman–Crippen LogP) is 2.67. The van der Waals surface area contributed by atoms with Crippen molar-refractivity contribution < 1.29 is 0 Å². The van der Waals surface area contributed by atoms with Gasteiger partial charge in [-0.25, -0.2) is 0 Å². The molecule has 4 nitrogen and oxygen atoms in total. The Bertz CT molecular complexity index is 193. The second-order valence-corrected chi connectivity index (χ2v) is 6.38. The molecule has 0 aromatic rings. The van der Waals surface area contributed by atoms with E-state index < -0.39 is 0 Å². The summed E-state index contributed by atoms with van der Waals surface area (Å²) in [5.74, 6) is 0. The van der Waals surface area contributed by atoms with Gasteiger partial charge in [-0.3, -0.25) is 0 Å². The molecular formula is C18H42N4. The van der Waals surface area contributed by atoms with Gasteiger partial charge >= 0.3 is 0 Å². The molecule has 134 valence electrons. The summed E-state index contributed by atoms with van der Waals surface area (Å²) < 4.78 is 0. The zero-order chi connectivity index (χ0) is 16.5. The minimum atomic E-state index is 0.788. The minimum absolute atomic E-state index is 0.788. The lowest BCUT2D eigenvalue weighted by molar-refractivity contribution is 0.196. The van der Waals surface area contributed by atoms with Crippen molar-refractivity contribution in [1.82, 2.24) is 9.80 Å². The quantitative estimate of drug-likeness (QED) is 0.405. The van der Waals surface area contributed by atoms with Gasteiger partial charge in [0.1, 0.15) is 0 Å². The van der Waals surface area contributed by atoms with Gasteiger partial charge in [0.25, 0.3) is 0 Å². The Labute approximate surface area is 139 Å². The third-order valence-electron chi connectivity index (χ3n) is 4.25. The van der Waals surface area contributed by atoms with Gasteiger partial charge in [0, 0.05) is 13.1 Å². The standard InChI is InChI=1S/C18H42N4/c1-3-5-7-13-21(14-8-6-4-2)17-18-22(15-9-11-19)16-10-12-20/h3-20H2,1-2H3. The monoisotopic (exact) mass is 314 g/mol. The Morgan fingerprint density at radius 2 is 0.864 bits per heavy atom. The molecule has 0 aromatic carbocycles. The predicted molar refractivity (Wildman–Crippen MR) is 99.3 cm³/mol. The van der Waals surface area contributed by atoms with Crippen molar-refractivity contribution in [3.8, 4) is 0 Å². The Morgan fingerprint density at radius 1 is 0.500 bits per heavy atom. The summed E-state index contributed by atoms with van der Waals surface area (Å²) in [6.45, 7) is 13.3. The van der Waals surface area contributed by atoms with Crippen LogP contribution in [0.4, 0.5) is 0 Å². The van der Waals surface area contributed by atoms with Gasteiger partial charge < -0.3 is 21.3 Å². The van der Waals surface area contributed by atoms with Gasteiger partial charge in [0.05, 0.1) is 0 Å². The molecule has 0 spiro atoms. The number of unbranched alkanes of at least 4 members (excludes halogenated alkanes) is 4. The first kappa shape index (κ1) is 21.8. The van der Waals surface area contributed by atoms with Crippen molar-refractivity contribution in [1.29, 1.82) is 0 Å². The molecule has 22 heavy (non-hydrogen) atoms. The number of nitrogens with two attached hydrogens (primary N) is 2. The van der Waals surface area contributed by atoms with Crippen LogP contribution in [-0.2, 0) is 0 Å². The molecule has 0 radical (unpaired) electrons. The maximum Gasteiger partial charge on any atom is 0.0109 e. The van der Waals surface area contributed by atoms with E-state index in [-0.39, 0.29) is 0 Å². The van der Waals surface area contributed by atoms with Crippen molar-refractivity contribution in [2.75, 3.05) is 52.4 Å². The average Bonchev–Trinajstić information content (AvgIpc) is 2.53. The Kier molecular flexibility index (Phi) is 17.1. The second-order valence-electron chi connectivity index (χ2n) is 6.38. The van der Waals surface area contributed by atoms with Gasteiger partial charge in [-0.2, -0.15) is 0 Å². The molecule has 0 fully saturated rings. The van der Waals surface area contributed by atoms with E-state index in [9.17, 15) is 0 Å². The zero-order valence-electron chi connectivity index (χ0n) is 15.4. The van der Waals surface area contributed by atoms with Crippen LogP contribution in [0.2, 0.25) is 0 Å². The summed E-state index contributed by atoms with van der Waals surface area (Å²) in [6.07, 6.45) is 10.2. The smallest absolute Gasteiger partial charge is 0.0109 e. The summed E-state index contributed by atoms with van der Waals surface area (Å²) in [5, 5.41) is 0. The largest absolute Gasteiger partial charge is 0.330 e. The van der Waals surface area contributed by atoms with Gasteiger partial charge in [-0.15, -0.1) is 0 Å². The normalized spacial score (nSPS) is 11.7. The van der Waals surface area contributed by atoms with Crippen LogP contribution < -0.4 is 11.5 Å². The van der Waals surface area contributed by atoms with Crippen LogP contribution in [0.25, 0.3) is 0 Å². The van der Waals surface area contributed by atoms with E-state index in [1.807, 2.05) is 0 Å². The van der Waals surface area contributed by atoms with Gasteiger partial charge in [0.15, 0.2) is 0 Å². The van der Waals surface area contributed by atoms with Crippen LogP contribution >= 0.6 is 0 Å². The average molecular weight is 315 g/mol. The van der Waals surface area contributed by atoms with E-state index in [1.165, 1.54) is 58.2 Å². The first-order chi connectivity index (χ1) is 10.8. The summed E-state index contributed by atoms with van der Waals surface area (Å²) in [6, 6.07) is 0. The summed E-state index contributed by atoms with van der Waals surface area (Å²) in [5.41, 5.74) is 11.3. The van der Waals surface area contributed by atoms with E-state index in [1.54, 1.807) is 0 Å². The van der Waals surface area contributed by atoms with Crippen molar-refractivity contribution in [2.45, 2.75) is 65.2 Å². The molecule has 0 unspecified atom stereocenters. The summed E-state index contributed by atoms with van der Waals surface area (Å²) in [4.78, 5) is 5.22. The molecule has 0 rings (SSSR count). The fourth-order valence-electron chi connectivity index (χ4n) is 2.75. The molecule has 0 aliphatic heterocycles. The molecule has 4 N–H and O–H groups in total. The SMILES string of the molecule is CCCCCN(CCCCC)CCN(CCCN)CCCN. The van der Waals surface area contributed by atoms with E-state index in [0.29, 0.717) is 0 Å². The van der Waals surface area contributed by atoms with E-state index in [4.69, 9.17) is 11.5 Å². The molecule has 0 heterocycles. The highest BCUT2D eigenvalue weighted by molar-refractivity contribution is 4.65. The molecule has 0 bridgehead atoms. The van der Waals surface area contributed by atoms with E-state index in [2.05, 4.69) is 23.6 Å². The highest BCUT2D eigenvalue weighted by atomic mass is 15.2. The number of hydrogen-bond acceptors (Lipinski definition) is 4. The van der Waals surface area contributed by atoms with Crippen molar-refractivity contribution in [3.05, 3.63) is 0 Å². The van der Waals surface area contributed by atoms with E-state index in [0.717, 1.165) is 45.6 Å². The number of rotatable bonds is 17. The van der Waals surface area contributed by atoms with E-state index >= 15 is 0 Å². The Balaban J connectivity index is 4.13. The topological polar surface area (TPSA) is 58.5 Å². The van der Waals surface area contributed by atoms with Gasteiger partial charge in [0.2, 0.25) is 0 Å². The van der Waals surface area contributed by atoms with Gasteiger partial charge in [-0.05, 0) is 65.0 Å². The summed E-state index contributed by atoms with van der Waals surface area (Å²) in [7, 11) is 0. The fraction of sp³-hybridized carbons (Fsp3) is 1.00. The Morgan fingerprint density at radius 3 is 1.18 bits per heavy atom. The molecule has 0 saturated heterocycles. The lowest BCUT2D eigenvalue weighted by Gasteiger charge is -2.27. The maximum atomic E-state index is 5.66. The maximum absolute atomic E-state index is 5.66. The molecule has 0 aliphatic rings. The lowest BCUT2D eigenvalue weighted by atomic mass is 10.2. The summed E-state index contributed by atoms with van der Waals surface area (Å²) >= 11 is 0. The molecule has 0 amide bonds. The Hall–Kier alpha value is -0.160. The van der Waals surface area contributed by atoms with Crippen LogP contribution in [0.5, 0.6) is 0 Å². The van der Waals surface area contributed by atoms with Crippen molar-refractivity contribution >= 4 is 0 Å². The highest BCUT2D eigenvalue weighted by Gasteiger charge is 2.09. The number of nitrogens with zero attached hydrogens (tertiary/aromatic N) is 2. The van der Waals surface area contributed by atoms with Crippen LogP contribution in [0, 0.1) is 0 Å². The number of hydrogen-bond donors (Lipinski definition) is 2. The minimum Gasteiger partial charge on any atom is -0.330 e. The molecule has 0 atom stereocenters. The van der Waals surface area contributed by atoms with Crippen LogP contribution in [0.15, 0.2) is 0 Å². The first-order valence-electron chi connectivity index (χ1n) is 9.63. The van der Waals surface area contributed by atoms with Gasteiger partial charge in [-0.1, -0.05) is 39.5 Å². The third kappa shape index (κ3) is 13.5. The van der Waals surface area contributed by atoms with Crippen LogP contribution in [0.1, 0.15) is 65.2 Å². The highest BCUT2D eigenvalue weighted by Crippen LogP contribution is 2.04. The van der Waals surface area contributed by atoms with Crippen molar-refractivity contribution in [3.63, 3.8) is 0 Å². The molecule has 4 heteroatoms. The van der Waals surface area contributed by atoms with Crippen molar-refractivity contribution in [2.24, 2.45) is 11.5 Å². The fourth-order valence-corrected chi connectivity index (χ4v) is 2.75. The molecule has 0 aromatic heterocycles. The molecular weight excluding hydrogens is 272 g/mol. The lowest BCUT2D eigenvalue weighted by Crippen LogP contribution is -2.38. The second kappa shape index (κ2) is 17.2. The zero-order valence-corrected chi connectivity index (χ0v) is 15.4. The third-order valence-corrected chi connectivity index (χ3v) is 4.25.